The van der Waals surface area contributed by atoms with Gasteiger partial charge in [-0.05, 0) is 30.5 Å². The highest BCUT2D eigenvalue weighted by molar-refractivity contribution is 5.93. The van der Waals surface area contributed by atoms with Gasteiger partial charge >= 0.3 is 12.1 Å². The molecule has 0 unspecified atom stereocenters. The zero-order valence-electron chi connectivity index (χ0n) is 14.3. The Hall–Kier alpha value is -2.84. The summed E-state index contributed by atoms with van der Waals surface area (Å²) >= 11 is 0. The number of nitrogens with zero attached hydrogens (tertiary/aromatic N) is 4. The highest BCUT2D eigenvalue weighted by atomic mass is 19.4. The van der Waals surface area contributed by atoms with Crippen molar-refractivity contribution < 1.29 is 22.8 Å². The molecule has 0 spiro atoms. The van der Waals surface area contributed by atoms with Gasteiger partial charge in [-0.1, -0.05) is 19.3 Å². The van der Waals surface area contributed by atoms with Gasteiger partial charge in [-0.3, -0.25) is 4.68 Å². The summed E-state index contributed by atoms with van der Waals surface area (Å²) in [5, 5.41) is 5.05. The lowest BCUT2D eigenvalue weighted by Crippen LogP contribution is -2.33. The van der Waals surface area contributed by atoms with Crippen LogP contribution in [-0.2, 0) is 4.79 Å². The van der Waals surface area contributed by atoms with E-state index in [-0.39, 0.29) is 5.65 Å². The summed E-state index contributed by atoms with van der Waals surface area (Å²) in [7, 11) is 0. The van der Waals surface area contributed by atoms with Crippen LogP contribution in [0.4, 0.5) is 13.2 Å². The topological polar surface area (TPSA) is 61.9 Å². The van der Waals surface area contributed by atoms with Gasteiger partial charge in [0.25, 0.3) is 0 Å². The summed E-state index contributed by atoms with van der Waals surface area (Å²) in [6.07, 6.45) is 7.14. The molecule has 1 aliphatic carbocycles. The van der Waals surface area contributed by atoms with Crippen LogP contribution in [0.1, 0.15) is 38.1 Å². The molecule has 27 heavy (non-hydrogen) atoms. The van der Waals surface area contributed by atoms with E-state index in [1.807, 2.05) is 10.9 Å². The summed E-state index contributed by atoms with van der Waals surface area (Å²) in [5.41, 5.74) is 1.74. The van der Waals surface area contributed by atoms with Crippen LogP contribution in [0.25, 0.3) is 22.2 Å². The molecule has 6 nitrogen and oxygen atoms in total. The van der Waals surface area contributed by atoms with Gasteiger partial charge in [-0.25, -0.2) is 9.78 Å². The standard InChI is InChI=1S/C18H17F3N4O2/c19-18(20,21)17(26)27-25-9-7-15-14(6-8-22-16(15)25)12-10-23-24(11-12)13-4-2-1-3-5-13/h6-11,13H,1-5H2. The van der Waals surface area contributed by atoms with E-state index in [1.54, 1.807) is 18.3 Å². The van der Waals surface area contributed by atoms with Gasteiger partial charge < -0.3 is 4.84 Å². The van der Waals surface area contributed by atoms with Crippen molar-refractivity contribution in [1.82, 2.24) is 19.5 Å². The highest BCUT2D eigenvalue weighted by Crippen LogP contribution is 2.31. The van der Waals surface area contributed by atoms with Crippen molar-refractivity contribution in [3.63, 3.8) is 0 Å². The molecule has 3 aromatic heterocycles. The zero-order chi connectivity index (χ0) is 19.0. The summed E-state index contributed by atoms with van der Waals surface area (Å²) in [6, 6.07) is 3.71. The Bertz CT molecular complexity index is 971. The highest BCUT2D eigenvalue weighted by Gasteiger charge is 2.42. The van der Waals surface area contributed by atoms with Crippen LogP contribution in [-0.4, -0.2) is 31.6 Å². The van der Waals surface area contributed by atoms with Crippen molar-refractivity contribution >= 4 is 17.0 Å². The number of hydrogen-bond acceptors (Lipinski definition) is 4. The van der Waals surface area contributed by atoms with E-state index in [2.05, 4.69) is 14.9 Å². The largest absolute Gasteiger partial charge is 0.493 e. The normalized spacial score (nSPS) is 16.0. The average molecular weight is 378 g/mol. The molecule has 1 aliphatic rings. The Morgan fingerprint density at radius 2 is 1.96 bits per heavy atom. The Labute approximate surface area is 152 Å². The first-order valence-electron chi connectivity index (χ1n) is 8.73. The molecule has 3 aromatic rings. The number of carbonyl (C=O) groups excluding carboxylic acids is 1. The predicted molar refractivity (Wildman–Crippen MR) is 90.7 cm³/mol. The van der Waals surface area contributed by atoms with E-state index >= 15 is 0 Å². The maximum Gasteiger partial charge on any atom is 0.493 e. The fourth-order valence-electron chi connectivity index (χ4n) is 3.50. The zero-order valence-corrected chi connectivity index (χ0v) is 14.3. The van der Waals surface area contributed by atoms with E-state index < -0.39 is 12.1 Å². The Morgan fingerprint density at radius 1 is 1.19 bits per heavy atom. The summed E-state index contributed by atoms with van der Waals surface area (Å²) in [4.78, 5) is 19.5. The number of hydrogen-bond donors (Lipinski definition) is 0. The van der Waals surface area contributed by atoms with Gasteiger partial charge in [0.15, 0.2) is 5.65 Å². The van der Waals surface area contributed by atoms with Gasteiger partial charge in [-0.2, -0.15) is 23.0 Å². The molecule has 0 saturated heterocycles. The number of carbonyl (C=O) groups is 1. The molecule has 1 fully saturated rings. The molecule has 0 bridgehead atoms. The maximum absolute atomic E-state index is 12.4. The van der Waals surface area contributed by atoms with Gasteiger partial charge in [0.05, 0.1) is 12.2 Å². The molecule has 0 aliphatic heterocycles. The van der Waals surface area contributed by atoms with E-state index in [1.165, 1.54) is 31.7 Å². The van der Waals surface area contributed by atoms with Crippen molar-refractivity contribution in [2.45, 2.75) is 44.3 Å². The summed E-state index contributed by atoms with van der Waals surface area (Å²) < 4.78 is 40.0. The van der Waals surface area contributed by atoms with E-state index in [0.29, 0.717) is 11.4 Å². The second-order valence-corrected chi connectivity index (χ2v) is 6.61. The molecule has 0 amide bonds. The number of halogens is 3. The monoisotopic (exact) mass is 378 g/mol. The van der Waals surface area contributed by atoms with Crippen molar-refractivity contribution in [1.29, 1.82) is 0 Å². The number of rotatable bonds is 3. The third-order valence-electron chi connectivity index (χ3n) is 4.83. The van der Waals surface area contributed by atoms with E-state index in [0.717, 1.165) is 28.7 Å². The van der Waals surface area contributed by atoms with Crippen LogP contribution >= 0.6 is 0 Å². The summed E-state index contributed by atoms with van der Waals surface area (Å²) in [5.74, 6) is -2.29. The number of aromatic nitrogens is 4. The van der Waals surface area contributed by atoms with Gasteiger partial charge in [0.1, 0.15) is 0 Å². The van der Waals surface area contributed by atoms with Gasteiger partial charge in [0, 0.05) is 29.5 Å². The second kappa shape index (κ2) is 6.71. The average Bonchev–Trinajstić information content (AvgIpc) is 3.29. The second-order valence-electron chi connectivity index (χ2n) is 6.61. The first-order chi connectivity index (χ1) is 12.9. The molecular formula is C18H17F3N4O2. The van der Waals surface area contributed by atoms with Crippen molar-refractivity contribution in [3.05, 3.63) is 36.9 Å². The van der Waals surface area contributed by atoms with Crippen LogP contribution in [0, 0.1) is 0 Å². The lowest BCUT2D eigenvalue weighted by atomic mass is 9.96. The smallest absolute Gasteiger partial charge is 0.326 e. The number of alkyl halides is 3. The fourth-order valence-corrected chi connectivity index (χ4v) is 3.50. The minimum Gasteiger partial charge on any atom is -0.326 e. The SMILES string of the molecule is O=C(On1ccc2c(-c3cnn(C4CCCCC4)c3)ccnc21)C(F)(F)F. The third-order valence-corrected chi connectivity index (χ3v) is 4.83. The van der Waals surface area contributed by atoms with Crippen molar-refractivity contribution in [2.75, 3.05) is 0 Å². The predicted octanol–water partition coefficient (Wildman–Crippen LogP) is 3.92. The minimum atomic E-state index is -5.07. The molecule has 0 radical (unpaired) electrons. The number of fused-ring (bicyclic) bond motifs is 1. The molecule has 9 heteroatoms. The van der Waals surface area contributed by atoms with Gasteiger partial charge in [0.2, 0.25) is 0 Å². The van der Waals surface area contributed by atoms with Crippen LogP contribution in [0.15, 0.2) is 36.9 Å². The third kappa shape index (κ3) is 3.41. The van der Waals surface area contributed by atoms with Gasteiger partial charge in [-0.15, -0.1) is 0 Å². The first-order valence-corrected chi connectivity index (χ1v) is 8.73. The quantitative estimate of drug-likeness (QED) is 0.693. The van der Waals surface area contributed by atoms with Crippen molar-refractivity contribution in [2.24, 2.45) is 0 Å². The number of pyridine rings is 1. The Balaban J connectivity index is 1.65. The van der Waals surface area contributed by atoms with Crippen LogP contribution in [0.3, 0.4) is 0 Å². The first kappa shape index (κ1) is 17.6. The molecule has 3 heterocycles. The maximum atomic E-state index is 12.4. The lowest BCUT2D eigenvalue weighted by molar-refractivity contribution is -0.199. The van der Waals surface area contributed by atoms with Crippen LogP contribution < -0.4 is 4.84 Å². The summed E-state index contributed by atoms with van der Waals surface area (Å²) in [6.45, 7) is 0. The molecule has 4 rings (SSSR count). The van der Waals surface area contributed by atoms with Crippen LogP contribution in [0.5, 0.6) is 0 Å². The Kier molecular flexibility index (Phi) is 4.37. The molecular weight excluding hydrogens is 361 g/mol. The molecule has 142 valence electrons. The molecule has 0 aromatic carbocycles. The van der Waals surface area contributed by atoms with Crippen LogP contribution in [0.2, 0.25) is 0 Å². The van der Waals surface area contributed by atoms with E-state index in [9.17, 15) is 18.0 Å². The molecule has 1 saturated carbocycles. The van der Waals surface area contributed by atoms with Crippen molar-refractivity contribution in [3.8, 4) is 11.1 Å². The molecule has 0 atom stereocenters. The fraction of sp³-hybridized carbons (Fsp3) is 0.389. The lowest BCUT2D eigenvalue weighted by Gasteiger charge is -2.21. The molecule has 0 N–H and O–H groups in total. The minimum absolute atomic E-state index is 0.135. The Morgan fingerprint density at radius 3 is 2.70 bits per heavy atom. The van der Waals surface area contributed by atoms with E-state index in [4.69, 9.17) is 0 Å².